The van der Waals surface area contributed by atoms with Crippen molar-refractivity contribution in [1.82, 2.24) is 19.6 Å². The lowest BCUT2D eigenvalue weighted by Gasteiger charge is -2.18. The second-order valence-corrected chi connectivity index (χ2v) is 5.79. The van der Waals surface area contributed by atoms with Crippen LogP contribution >= 0.6 is 0 Å². The molecular weight excluding hydrogens is 339 g/mol. The molecule has 3 rings (SSSR count). The maximum atomic E-state index is 12.1. The van der Waals surface area contributed by atoms with Crippen molar-refractivity contribution in [2.75, 3.05) is 31.4 Å². The summed E-state index contributed by atoms with van der Waals surface area (Å²) >= 11 is 0. The molecule has 2 aromatic heterocycles. The number of imidazole rings is 1. The number of alkyl halides is 1. The fourth-order valence-corrected chi connectivity index (χ4v) is 1.77. The van der Waals surface area contributed by atoms with Crippen LogP contribution in [0.5, 0.6) is 0 Å². The Balaban J connectivity index is 0.000000277. The first-order chi connectivity index (χ1) is 11.6. The molecule has 0 aromatic carbocycles. The molecule has 4 N–H and O–H groups in total. The van der Waals surface area contributed by atoms with E-state index in [1.165, 1.54) is 23.3 Å². The third kappa shape index (κ3) is 4.42. The molecular formula is C13H21FN6O5. The summed E-state index contributed by atoms with van der Waals surface area (Å²) in [6, 6.07) is 0. The Kier molecular flexibility index (Phi) is 5.27. The summed E-state index contributed by atoms with van der Waals surface area (Å²) in [5, 5.41) is 9.51. The molecule has 3 heterocycles. The fraction of sp³-hybridized carbons (Fsp3) is 0.615. The number of aliphatic hydroxyl groups excluding tert-OH is 1. The summed E-state index contributed by atoms with van der Waals surface area (Å²) in [6.07, 6.45) is 1.43. The zero-order valence-corrected chi connectivity index (χ0v) is 14.3. The van der Waals surface area contributed by atoms with Crippen molar-refractivity contribution in [3.8, 4) is 0 Å². The number of methoxy groups -OCH3 is 1. The Hall–Kier alpha value is -2.28. The number of nitrogens with zero attached hydrogens (tertiary/aromatic N) is 4. The maximum Gasteiger partial charge on any atom is 0.280 e. The van der Waals surface area contributed by atoms with Crippen LogP contribution in [0.25, 0.3) is 11.2 Å². The zero-order chi connectivity index (χ0) is 18.8. The molecule has 1 saturated heterocycles. The summed E-state index contributed by atoms with van der Waals surface area (Å²) in [7, 11) is 1.20. The molecule has 1 atom stereocenters. The quantitative estimate of drug-likeness (QED) is 0.667. The van der Waals surface area contributed by atoms with Gasteiger partial charge >= 0.3 is 0 Å². The topological polar surface area (TPSA) is 141 Å². The van der Waals surface area contributed by atoms with E-state index in [9.17, 15) is 9.18 Å². The summed E-state index contributed by atoms with van der Waals surface area (Å²) in [4.78, 5) is 27.5. The number of anilines is 1. The number of hydrogen-bond donors (Lipinski definition) is 3. The van der Waals surface area contributed by atoms with E-state index in [-0.39, 0.29) is 18.2 Å². The van der Waals surface area contributed by atoms with E-state index < -0.39 is 23.8 Å². The van der Waals surface area contributed by atoms with Gasteiger partial charge in [-0.05, 0) is 20.8 Å². The first-order valence-electron chi connectivity index (χ1n) is 7.27. The molecule has 140 valence electrons. The molecule has 11 nitrogen and oxygen atoms in total. The van der Waals surface area contributed by atoms with Gasteiger partial charge in [0.1, 0.15) is 12.9 Å². The molecule has 0 bridgehead atoms. The van der Waals surface area contributed by atoms with Gasteiger partial charge in [-0.2, -0.15) is 10.2 Å². The average Bonchev–Trinajstić information content (AvgIpc) is 3.11. The molecule has 0 amide bonds. The van der Waals surface area contributed by atoms with Crippen LogP contribution in [-0.2, 0) is 14.3 Å². The van der Waals surface area contributed by atoms with Crippen molar-refractivity contribution in [3.63, 3.8) is 0 Å². The summed E-state index contributed by atoms with van der Waals surface area (Å²) in [5.74, 6) is -2.57. The number of fused-ring (bicyclic) bond motifs is 1. The van der Waals surface area contributed by atoms with E-state index in [1.807, 2.05) is 0 Å². The highest BCUT2D eigenvalue weighted by molar-refractivity contribution is 5.70. The SMILES string of the molecule is CC1(C)OCN(n2cnc3c(=O)[nH]c(N)nc32)O1.COC(C)(F)CO. The van der Waals surface area contributed by atoms with Gasteiger partial charge in [0.15, 0.2) is 23.7 Å². The van der Waals surface area contributed by atoms with Crippen molar-refractivity contribution in [2.45, 2.75) is 32.4 Å². The van der Waals surface area contributed by atoms with Crippen LogP contribution in [0.1, 0.15) is 20.8 Å². The van der Waals surface area contributed by atoms with Gasteiger partial charge in [0, 0.05) is 7.11 Å². The molecule has 1 aliphatic rings. The minimum atomic E-state index is -1.86. The number of aliphatic hydroxyl groups is 1. The van der Waals surface area contributed by atoms with Crippen molar-refractivity contribution in [1.29, 1.82) is 0 Å². The van der Waals surface area contributed by atoms with Crippen molar-refractivity contribution in [3.05, 3.63) is 16.7 Å². The molecule has 0 radical (unpaired) electrons. The fourth-order valence-electron chi connectivity index (χ4n) is 1.77. The minimum absolute atomic E-state index is 0.0219. The van der Waals surface area contributed by atoms with Crippen LogP contribution in [-0.4, -0.2) is 56.8 Å². The highest BCUT2D eigenvalue weighted by Gasteiger charge is 2.33. The second-order valence-electron chi connectivity index (χ2n) is 5.79. The normalized spacial score (nSPS) is 18.7. The molecule has 2 aromatic rings. The number of hydroxylamine groups is 1. The third-order valence-corrected chi connectivity index (χ3v) is 3.20. The van der Waals surface area contributed by atoms with Gasteiger partial charge in [0.2, 0.25) is 11.8 Å². The lowest BCUT2D eigenvalue weighted by Crippen LogP contribution is -2.33. The molecule has 0 aliphatic carbocycles. The van der Waals surface area contributed by atoms with E-state index in [1.54, 1.807) is 13.8 Å². The molecule has 1 aliphatic heterocycles. The summed E-state index contributed by atoms with van der Waals surface area (Å²) < 4.78 is 23.1. The summed E-state index contributed by atoms with van der Waals surface area (Å²) in [5.41, 5.74) is 5.62. The van der Waals surface area contributed by atoms with Crippen LogP contribution in [0.15, 0.2) is 11.1 Å². The van der Waals surface area contributed by atoms with E-state index in [0.717, 1.165) is 6.92 Å². The molecule has 12 heteroatoms. The van der Waals surface area contributed by atoms with E-state index in [4.69, 9.17) is 20.4 Å². The molecule has 1 fully saturated rings. The van der Waals surface area contributed by atoms with Crippen LogP contribution in [0.2, 0.25) is 0 Å². The zero-order valence-electron chi connectivity index (χ0n) is 14.3. The molecule has 25 heavy (non-hydrogen) atoms. The third-order valence-electron chi connectivity index (χ3n) is 3.20. The van der Waals surface area contributed by atoms with Crippen molar-refractivity contribution >= 4 is 17.1 Å². The number of rotatable bonds is 3. The number of hydrogen-bond acceptors (Lipinski definition) is 9. The number of aromatic nitrogens is 4. The first kappa shape index (κ1) is 19.1. The minimum Gasteiger partial charge on any atom is -0.390 e. The maximum absolute atomic E-state index is 12.1. The van der Waals surface area contributed by atoms with Gasteiger partial charge in [-0.25, -0.2) is 18.9 Å². The monoisotopic (exact) mass is 360 g/mol. The van der Waals surface area contributed by atoms with Crippen LogP contribution in [0.3, 0.4) is 0 Å². The number of nitrogen functional groups attached to an aromatic ring is 1. The number of nitrogens with two attached hydrogens (primary N) is 1. The van der Waals surface area contributed by atoms with Gasteiger partial charge < -0.3 is 20.3 Å². The number of halogens is 1. The van der Waals surface area contributed by atoms with Gasteiger partial charge in [-0.15, -0.1) is 0 Å². The Bertz CT molecular complexity index is 783. The Morgan fingerprint density at radius 2 is 2.28 bits per heavy atom. The number of H-pyrrole nitrogens is 1. The Labute approximate surface area is 142 Å². The van der Waals surface area contributed by atoms with E-state index in [0.29, 0.717) is 5.65 Å². The lowest BCUT2D eigenvalue weighted by atomic mass is 10.4. The predicted octanol–water partition coefficient (Wildman–Crippen LogP) is -0.394. The first-order valence-corrected chi connectivity index (χ1v) is 7.27. The van der Waals surface area contributed by atoms with Crippen molar-refractivity contribution < 1.29 is 23.8 Å². The van der Waals surface area contributed by atoms with Gasteiger partial charge in [-0.1, -0.05) is 0 Å². The average molecular weight is 360 g/mol. The second kappa shape index (κ2) is 6.92. The molecule has 0 saturated carbocycles. The smallest absolute Gasteiger partial charge is 0.280 e. The standard InChI is InChI=1S/C9H12N6O3.C4H9FO2/c1-9(2)17-4-15(18-9)14-3-11-5-6(14)12-8(10)13-7(5)16;1-4(5,3-6)7-2/h3H,4H2,1-2H3,(H3,10,12,13,16);6H,3H2,1-2H3. The number of aromatic amines is 1. The Morgan fingerprint density at radius 3 is 2.76 bits per heavy atom. The number of ether oxygens (including phenoxy) is 2. The summed E-state index contributed by atoms with van der Waals surface area (Å²) in [6.45, 7) is 4.32. The Morgan fingerprint density at radius 1 is 1.60 bits per heavy atom. The lowest BCUT2D eigenvalue weighted by molar-refractivity contribution is -0.137. The molecule has 0 spiro atoms. The van der Waals surface area contributed by atoms with Gasteiger partial charge in [0.25, 0.3) is 5.56 Å². The van der Waals surface area contributed by atoms with Crippen molar-refractivity contribution in [2.24, 2.45) is 0 Å². The van der Waals surface area contributed by atoms with Gasteiger partial charge in [0.05, 0.1) is 0 Å². The number of nitrogens with one attached hydrogen (secondary N) is 1. The highest BCUT2D eigenvalue weighted by atomic mass is 19.2. The van der Waals surface area contributed by atoms with E-state index >= 15 is 0 Å². The van der Waals surface area contributed by atoms with E-state index in [2.05, 4.69) is 19.7 Å². The largest absolute Gasteiger partial charge is 0.390 e. The van der Waals surface area contributed by atoms with Gasteiger partial charge in [-0.3, -0.25) is 9.78 Å². The van der Waals surface area contributed by atoms with Crippen LogP contribution in [0.4, 0.5) is 10.3 Å². The predicted molar refractivity (Wildman–Crippen MR) is 85.5 cm³/mol. The van der Waals surface area contributed by atoms with Crippen LogP contribution in [0, 0.1) is 0 Å². The van der Waals surface area contributed by atoms with Crippen LogP contribution < -0.4 is 16.5 Å². The molecule has 1 unspecified atom stereocenters. The highest BCUT2D eigenvalue weighted by Crippen LogP contribution is 2.21.